The molecule has 2 amide bonds. The minimum absolute atomic E-state index is 0.0382. The van der Waals surface area contributed by atoms with Crippen LogP contribution in [0.2, 0.25) is 5.02 Å². The van der Waals surface area contributed by atoms with E-state index in [1.54, 1.807) is 30.3 Å². The summed E-state index contributed by atoms with van der Waals surface area (Å²) in [5.41, 5.74) is 2.27. The molecule has 0 radical (unpaired) electrons. The van der Waals surface area contributed by atoms with Gasteiger partial charge in [0.15, 0.2) is 6.61 Å². The van der Waals surface area contributed by atoms with Crippen molar-refractivity contribution in [2.24, 2.45) is 5.92 Å². The summed E-state index contributed by atoms with van der Waals surface area (Å²) in [6.45, 7) is 1.72. The van der Waals surface area contributed by atoms with Gasteiger partial charge in [-0.3, -0.25) is 14.4 Å². The Kier molecular flexibility index (Phi) is 6.36. The van der Waals surface area contributed by atoms with Crippen LogP contribution in [0.5, 0.6) is 0 Å². The number of amides is 2. The Morgan fingerprint density at radius 3 is 2.79 bits per heavy atom. The van der Waals surface area contributed by atoms with Crippen molar-refractivity contribution in [2.75, 3.05) is 23.4 Å². The highest BCUT2D eigenvalue weighted by Crippen LogP contribution is 2.28. The van der Waals surface area contributed by atoms with E-state index in [4.69, 9.17) is 16.3 Å². The van der Waals surface area contributed by atoms with Crippen LogP contribution in [0.4, 0.5) is 11.4 Å². The quantitative estimate of drug-likeness (QED) is 0.679. The fraction of sp³-hybridized carbons (Fsp3) is 0.250. The van der Waals surface area contributed by atoms with Crippen molar-refractivity contribution in [2.45, 2.75) is 13.3 Å². The van der Waals surface area contributed by atoms with Crippen LogP contribution in [0.1, 0.15) is 12.0 Å². The van der Waals surface area contributed by atoms with Gasteiger partial charge in [-0.25, -0.2) is 0 Å². The van der Waals surface area contributed by atoms with Gasteiger partial charge in [0.05, 0.1) is 11.6 Å². The van der Waals surface area contributed by atoms with E-state index < -0.39 is 24.4 Å². The predicted molar refractivity (Wildman–Crippen MR) is 110 cm³/mol. The number of nitrogens with zero attached hydrogens (tertiary/aromatic N) is 1. The highest BCUT2D eigenvalue weighted by atomic mass is 79.9. The Morgan fingerprint density at radius 2 is 2.07 bits per heavy atom. The number of halogens is 2. The third kappa shape index (κ3) is 4.91. The van der Waals surface area contributed by atoms with Crippen molar-refractivity contribution in [3.05, 3.63) is 57.5 Å². The summed E-state index contributed by atoms with van der Waals surface area (Å²) in [4.78, 5) is 38.1. The molecule has 0 bridgehead atoms. The molecule has 3 rings (SSSR count). The van der Waals surface area contributed by atoms with E-state index in [-0.39, 0.29) is 18.9 Å². The average molecular weight is 466 g/mol. The SMILES string of the molecule is Cc1ccc(NC(=O)COC(=O)C2CC(=O)N(c3cccc(Cl)c3)C2)c(Br)c1. The van der Waals surface area contributed by atoms with Crippen molar-refractivity contribution in [3.8, 4) is 0 Å². The fourth-order valence-corrected chi connectivity index (χ4v) is 3.70. The zero-order valence-electron chi connectivity index (χ0n) is 15.1. The first-order valence-electron chi connectivity index (χ1n) is 8.62. The molecule has 1 aliphatic heterocycles. The van der Waals surface area contributed by atoms with Gasteiger partial charge in [0.2, 0.25) is 5.91 Å². The first-order chi connectivity index (χ1) is 13.3. The molecule has 0 aliphatic carbocycles. The lowest BCUT2D eigenvalue weighted by Gasteiger charge is -2.16. The largest absolute Gasteiger partial charge is 0.455 e. The number of benzene rings is 2. The van der Waals surface area contributed by atoms with Gasteiger partial charge in [0.1, 0.15) is 0 Å². The van der Waals surface area contributed by atoms with E-state index in [9.17, 15) is 14.4 Å². The maximum atomic E-state index is 12.3. The molecule has 1 N–H and O–H groups in total. The molecule has 146 valence electrons. The summed E-state index contributed by atoms with van der Waals surface area (Å²) in [7, 11) is 0. The lowest BCUT2D eigenvalue weighted by Crippen LogP contribution is -2.28. The van der Waals surface area contributed by atoms with Crippen LogP contribution in [-0.4, -0.2) is 30.9 Å². The second-order valence-electron chi connectivity index (χ2n) is 6.52. The number of hydrogen-bond acceptors (Lipinski definition) is 4. The second kappa shape index (κ2) is 8.75. The normalized spacial score (nSPS) is 16.2. The molecule has 0 spiro atoms. The smallest absolute Gasteiger partial charge is 0.311 e. The van der Waals surface area contributed by atoms with Crippen LogP contribution in [0.3, 0.4) is 0 Å². The predicted octanol–water partition coefficient (Wildman–Crippen LogP) is 3.95. The van der Waals surface area contributed by atoms with Crippen molar-refractivity contribution in [1.82, 2.24) is 0 Å². The third-order valence-corrected chi connectivity index (χ3v) is 5.21. The van der Waals surface area contributed by atoms with E-state index in [1.165, 1.54) is 4.90 Å². The summed E-state index contributed by atoms with van der Waals surface area (Å²) in [5, 5.41) is 3.19. The number of nitrogens with one attached hydrogen (secondary N) is 1. The third-order valence-electron chi connectivity index (χ3n) is 4.32. The lowest BCUT2D eigenvalue weighted by atomic mass is 10.1. The van der Waals surface area contributed by atoms with Gasteiger partial charge in [-0.1, -0.05) is 23.7 Å². The van der Waals surface area contributed by atoms with Crippen LogP contribution in [0, 0.1) is 12.8 Å². The highest BCUT2D eigenvalue weighted by molar-refractivity contribution is 9.10. The minimum atomic E-state index is -0.620. The Bertz CT molecular complexity index is 934. The van der Waals surface area contributed by atoms with E-state index in [1.807, 2.05) is 19.1 Å². The molecule has 6 nitrogen and oxygen atoms in total. The molecule has 1 fully saturated rings. The number of anilines is 2. The molecule has 1 heterocycles. The topological polar surface area (TPSA) is 75.7 Å². The molecule has 28 heavy (non-hydrogen) atoms. The molecule has 2 aromatic rings. The van der Waals surface area contributed by atoms with Crippen LogP contribution in [0.15, 0.2) is 46.9 Å². The van der Waals surface area contributed by atoms with E-state index in [0.717, 1.165) is 10.0 Å². The number of ether oxygens (including phenoxy) is 1. The maximum Gasteiger partial charge on any atom is 0.311 e. The molecule has 1 aliphatic rings. The summed E-state index contributed by atoms with van der Waals surface area (Å²) in [6.07, 6.45) is 0.0382. The number of esters is 1. The minimum Gasteiger partial charge on any atom is -0.455 e. The monoisotopic (exact) mass is 464 g/mol. The van der Waals surface area contributed by atoms with Crippen LogP contribution in [0.25, 0.3) is 0 Å². The van der Waals surface area contributed by atoms with Gasteiger partial charge in [0, 0.05) is 28.1 Å². The molecule has 8 heteroatoms. The van der Waals surface area contributed by atoms with Crippen LogP contribution < -0.4 is 10.2 Å². The molecule has 0 saturated carbocycles. The Balaban J connectivity index is 1.53. The van der Waals surface area contributed by atoms with Gasteiger partial charge in [-0.2, -0.15) is 0 Å². The number of carbonyl (C=O) groups excluding carboxylic acids is 3. The van der Waals surface area contributed by atoms with Gasteiger partial charge in [0.25, 0.3) is 5.91 Å². The van der Waals surface area contributed by atoms with Crippen molar-refractivity contribution in [3.63, 3.8) is 0 Å². The van der Waals surface area contributed by atoms with Gasteiger partial charge >= 0.3 is 5.97 Å². The molecular formula is C20H18BrClN2O4. The summed E-state index contributed by atoms with van der Waals surface area (Å²) in [5.74, 6) is -1.83. The van der Waals surface area contributed by atoms with Crippen molar-refractivity contribution < 1.29 is 19.1 Å². The summed E-state index contributed by atoms with van der Waals surface area (Å²) in [6, 6.07) is 12.4. The highest BCUT2D eigenvalue weighted by Gasteiger charge is 2.36. The number of aryl methyl sites for hydroxylation is 1. The second-order valence-corrected chi connectivity index (χ2v) is 7.82. The first-order valence-corrected chi connectivity index (χ1v) is 9.79. The van der Waals surface area contributed by atoms with Gasteiger partial charge in [-0.15, -0.1) is 0 Å². The molecule has 0 aromatic heterocycles. The van der Waals surface area contributed by atoms with E-state index >= 15 is 0 Å². The number of rotatable bonds is 5. The molecule has 1 unspecified atom stereocenters. The molecule has 2 aromatic carbocycles. The van der Waals surface area contributed by atoms with E-state index in [2.05, 4.69) is 21.2 Å². The van der Waals surface area contributed by atoms with Crippen molar-refractivity contribution in [1.29, 1.82) is 0 Å². The average Bonchev–Trinajstić information content (AvgIpc) is 3.04. The van der Waals surface area contributed by atoms with Gasteiger partial charge in [-0.05, 0) is 58.7 Å². The van der Waals surface area contributed by atoms with Crippen LogP contribution >= 0.6 is 27.5 Å². The standard InChI is InChI=1S/C20H18BrClN2O4/c1-12-5-6-17(16(21)7-12)23-18(25)11-28-20(27)13-8-19(26)24(10-13)15-4-2-3-14(22)9-15/h2-7,9,13H,8,10-11H2,1H3,(H,23,25). The van der Waals surface area contributed by atoms with Gasteiger partial charge < -0.3 is 15.0 Å². The zero-order valence-corrected chi connectivity index (χ0v) is 17.4. The molecule has 1 saturated heterocycles. The molecule has 1 atom stereocenters. The van der Waals surface area contributed by atoms with E-state index in [0.29, 0.717) is 16.4 Å². The van der Waals surface area contributed by atoms with Crippen LogP contribution in [-0.2, 0) is 19.1 Å². The molecular weight excluding hydrogens is 448 g/mol. The summed E-state index contributed by atoms with van der Waals surface area (Å²) >= 11 is 9.34. The zero-order chi connectivity index (χ0) is 20.3. The summed E-state index contributed by atoms with van der Waals surface area (Å²) < 4.78 is 5.85. The Morgan fingerprint density at radius 1 is 1.29 bits per heavy atom. The number of carbonyl (C=O) groups is 3. The Labute approximate surface area is 175 Å². The lowest BCUT2D eigenvalue weighted by molar-refractivity contribution is -0.151. The first kappa shape index (κ1) is 20.4. The Hall–Kier alpha value is -2.38. The fourth-order valence-electron chi connectivity index (χ4n) is 2.92. The van der Waals surface area contributed by atoms with Crippen molar-refractivity contribution >= 4 is 56.7 Å². The number of hydrogen-bond donors (Lipinski definition) is 1. The maximum absolute atomic E-state index is 12.3.